The van der Waals surface area contributed by atoms with Crippen molar-refractivity contribution >= 4 is 52.7 Å². The fraction of sp³-hybridized carbons (Fsp3) is 0. The molecular formula is H9MgP3. The summed E-state index contributed by atoms with van der Waals surface area (Å²) in [5, 5.41) is 0. The lowest BCUT2D eigenvalue weighted by atomic mass is 24.3. The Bertz CT molecular complexity index is 3.25. The van der Waals surface area contributed by atoms with Gasteiger partial charge in [0.05, 0.1) is 0 Å². The summed E-state index contributed by atoms with van der Waals surface area (Å²) in [6.07, 6.45) is 0. The number of hydrogen-bond acceptors (Lipinski definition) is 0. The Morgan fingerprint density at radius 1 is 0.500 bits per heavy atom. The SMILES string of the molecule is P.P.P.[Mg]. The van der Waals surface area contributed by atoms with Gasteiger partial charge in [-0.15, -0.1) is 0 Å². The van der Waals surface area contributed by atoms with E-state index in [9.17, 15) is 0 Å². The van der Waals surface area contributed by atoms with E-state index in [1.807, 2.05) is 0 Å². The molecule has 0 aromatic rings. The highest BCUT2D eigenvalue weighted by molar-refractivity contribution is 6.92. The molecule has 0 rings (SSSR count). The Morgan fingerprint density at radius 2 is 0.500 bits per heavy atom. The molecular weight excluding hydrogens is 117 g/mol. The van der Waals surface area contributed by atoms with Crippen LogP contribution in [0.5, 0.6) is 0 Å². The van der Waals surface area contributed by atoms with Crippen molar-refractivity contribution in [3.63, 3.8) is 0 Å². The molecule has 4 heteroatoms. The molecule has 3 atom stereocenters. The van der Waals surface area contributed by atoms with Gasteiger partial charge in [-0.1, -0.05) is 0 Å². The average Bonchev–Trinajstić information content (AvgIpc) is 0. The maximum Gasteiger partial charge on any atom is 0 e. The zero-order valence-electron chi connectivity index (χ0n) is 2.83. The van der Waals surface area contributed by atoms with Crippen LogP contribution in [0.1, 0.15) is 0 Å². The van der Waals surface area contributed by atoms with Crippen molar-refractivity contribution in [3.05, 3.63) is 0 Å². The molecule has 3 unspecified atom stereocenters. The van der Waals surface area contributed by atoms with E-state index in [0.29, 0.717) is 0 Å². The molecule has 0 heterocycles. The van der Waals surface area contributed by atoms with Gasteiger partial charge in [0.25, 0.3) is 0 Å². The van der Waals surface area contributed by atoms with Crippen molar-refractivity contribution < 1.29 is 0 Å². The molecule has 0 amide bonds. The van der Waals surface area contributed by atoms with E-state index in [1.54, 1.807) is 0 Å². The standard InChI is InChI=1S/Mg.3H3P/h;3*1H3. The van der Waals surface area contributed by atoms with Crippen molar-refractivity contribution in [2.75, 3.05) is 0 Å². The summed E-state index contributed by atoms with van der Waals surface area (Å²) in [4.78, 5) is 0. The van der Waals surface area contributed by atoms with Gasteiger partial charge in [-0.05, 0) is 0 Å². The minimum absolute atomic E-state index is 0. The predicted molar refractivity (Wildman–Crippen MR) is 39.1 cm³/mol. The highest BCUT2D eigenvalue weighted by Crippen LogP contribution is 0.863. The molecule has 0 bridgehead atoms. The van der Waals surface area contributed by atoms with Crippen molar-refractivity contribution in [3.8, 4) is 0 Å². The lowest BCUT2D eigenvalue weighted by Gasteiger charge is -0.154. The first-order valence-electron chi connectivity index (χ1n) is 0. The fourth-order valence-electron chi connectivity index (χ4n) is 0. The summed E-state index contributed by atoms with van der Waals surface area (Å²) in [6, 6.07) is 0. The first-order valence-corrected chi connectivity index (χ1v) is 0. The van der Waals surface area contributed by atoms with Gasteiger partial charge in [0, 0.05) is 23.1 Å². The largest absolute Gasteiger partial charge is 0.153 e. The summed E-state index contributed by atoms with van der Waals surface area (Å²) in [7, 11) is 0. The molecule has 0 aliphatic rings. The quantitative estimate of drug-likeness (QED) is 0.311. The third kappa shape index (κ3) is 8.96. The van der Waals surface area contributed by atoms with Crippen LogP contribution in [0.2, 0.25) is 0 Å². The summed E-state index contributed by atoms with van der Waals surface area (Å²) in [6.45, 7) is 0. The van der Waals surface area contributed by atoms with Crippen LogP contribution in [0.25, 0.3) is 0 Å². The molecule has 0 fully saturated rings. The third-order valence-electron chi connectivity index (χ3n) is 0. The molecule has 0 aliphatic carbocycles. The Hall–Kier alpha value is 2.06. The lowest BCUT2D eigenvalue weighted by Crippen LogP contribution is -0.381. The third-order valence-corrected chi connectivity index (χ3v) is 0. The number of rotatable bonds is 0. The van der Waals surface area contributed by atoms with Gasteiger partial charge in [0.1, 0.15) is 0 Å². The second kappa shape index (κ2) is 19.7. The van der Waals surface area contributed by atoms with E-state index in [1.165, 1.54) is 0 Å². The molecule has 0 aliphatic heterocycles. The minimum atomic E-state index is 0. The summed E-state index contributed by atoms with van der Waals surface area (Å²) < 4.78 is 0. The van der Waals surface area contributed by atoms with Gasteiger partial charge in [0.2, 0.25) is 0 Å². The molecule has 0 saturated heterocycles. The van der Waals surface area contributed by atoms with Gasteiger partial charge >= 0.3 is 0 Å². The van der Waals surface area contributed by atoms with E-state index in [-0.39, 0.29) is 52.7 Å². The molecule has 26 valence electrons. The second-order valence-corrected chi connectivity index (χ2v) is 0. The molecule has 2 radical (unpaired) electrons. The van der Waals surface area contributed by atoms with Crippen LogP contribution in [-0.4, -0.2) is 23.1 Å². The van der Waals surface area contributed by atoms with Gasteiger partial charge in [-0.2, -0.15) is 29.7 Å². The van der Waals surface area contributed by atoms with Crippen LogP contribution in [-0.2, 0) is 0 Å². The molecule has 0 aromatic carbocycles. The van der Waals surface area contributed by atoms with Crippen molar-refractivity contribution in [2.45, 2.75) is 0 Å². The zero-order chi connectivity index (χ0) is 0. The highest BCUT2D eigenvalue weighted by Gasteiger charge is 0.0000198. The van der Waals surface area contributed by atoms with Crippen LogP contribution in [0.3, 0.4) is 0 Å². The summed E-state index contributed by atoms with van der Waals surface area (Å²) in [5.41, 5.74) is 0. The van der Waals surface area contributed by atoms with Crippen molar-refractivity contribution in [1.82, 2.24) is 0 Å². The van der Waals surface area contributed by atoms with Gasteiger partial charge in [0.15, 0.2) is 0 Å². The zero-order valence-corrected chi connectivity index (χ0v) is 8.49. The topological polar surface area (TPSA) is 0 Å². The summed E-state index contributed by atoms with van der Waals surface area (Å²) >= 11 is 0. The first kappa shape index (κ1) is 36.6. The van der Waals surface area contributed by atoms with Crippen molar-refractivity contribution in [1.29, 1.82) is 0 Å². The van der Waals surface area contributed by atoms with Gasteiger partial charge in [-0.3, -0.25) is 0 Å². The minimum Gasteiger partial charge on any atom is -0.153 e. The molecule has 0 spiro atoms. The van der Waals surface area contributed by atoms with Crippen molar-refractivity contribution in [2.24, 2.45) is 0 Å². The molecule has 0 nitrogen and oxygen atoms in total. The van der Waals surface area contributed by atoms with E-state index in [0.717, 1.165) is 0 Å². The van der Waals surface area contributed by atoms with Crippen LogP contribution in [0.15, 0.2) is 0 Å². The Morgan fingerprint density at radius 3 is 0.500 bits per heavy atom. The molecule has 0 saturated carbocycles. The normalized spacial score (nSPS) is 0. The van der Waals surface area contributed by atoms with E-state index in [2.05, 4.69) is 0 Å². The maximum absolute atomic E-state index is 0. The molecule has 0 N–H and O–H groups in total. The fourth-order valence-corrected chi connectivity index (χ4v) is 0. The van der Waals surface area contributed by atoms with E-state index < -0.39 is 0 Å². The lowest BCUT2D eigenvalue weighted by molar-refractivity contribution is 5.75. The van der Waals surface area contributed by atoms with Gasteiger partial charge < -0.3 is 0 Å². The first-order chi connectivity index (χ1) is 0. The van der Waals surface area contributed by atoms with Crippen LogP contribution in [0.4, 0.5) is 0 Å². The molecule has 4 heavy (non-hydrogen) atoms. The smallest absolute Gasteiger partial charge is 0 e. The Labute approximate surface area is 52.9 Å². The Kier molecular flexibility index (Phi) is 180. The highest BCUT2D eigenvalue weighted by atomic mass is 31.0. The maximum atomic E-state index is 0. The summed E-state index contributed by atoms with van der Waals surface area (Å²) in [5.74, 6) is 0. The molecule has 0 aromatic heterocycles. The second-order valence-electron chi connectivity index (χ2n) is 0. The Balaban J connectivity index is 0. The van der Waals surface area contributed by atoms with E-state index in [4.69, 9.17) is 0 Å². The van der Waals surface area contributed by atoms with E-state index >= 15 is 0 Å². The van der Waals surface area contributed by atoms with Gasteiger partial charge in [-0.25, -0.2) is 0 Å². The van der Waals surface area contributed by atoms with Crippen LogP contribution < -0.4 is 0 Å². The number of hydrogen-bond donors (Lipinski definition) is 0. The van der Waals surface area contributed by atoms with Crippen LogP contribution in [0, 0.1) is 0 Å². The monoisotopic (exact) mass is 126 g/mol. The average molecular weight is 126 g/mol. The van der Waals surface area contributed by atoms with Crippen LogP contribution >= 0.6 is 29.7 Å². The predicted octanol–water partition coefficient (Wildman–Crippen LogP) is -0.207.